The molecule has 22 heavy (non-hydrogen) atoms. The van der Waals surface area contributed by atoms with E-state index in [-0.39, 0.29) is 12.0 Å². The van der Waals surface area contributed by atoms with Crippen molar-refractivity contribution < 1.29 is 18.0 Å². The van der Waals surface area contributed by atoms with Crippen molar-refractivity contribution in [1.29, 1.82) is 0 Å². The predicted octanol–water partition coefficient (Wildman–Crippen LogP) is 2.55. The zero-order valence-electron chi connectivity index (χ0n) is 11.6. The van der Waals surface area contributed by atoms with Gasteiger partial charge in [-0.05, 0) is 24.5 Å². The van der Waals surface area contributed by atoms with Crippen LogP contribution in [0.4, 0.5) is 13.2 Å². The Kier molecular flexibility index (Phi) is 5.13. The van der Waals surface area contributed by atoms with Crippen molar-refractivity contribution in [1.82, 2.24) is 20.5 Å². The molecule has 8 heteroatoms. The minimum Gasteiger partial charge on any atom is -0.341 e. The predicted molar refractivity (Wildman–Crippen MR) is 72.7 cm³/mol. The van der Waals surface area contributed by atoms with E-state index in [4.69, 9.17) is 0 Å². The number of carbonyl (C=O) groups is 1. The van der Waals surface area contributed by atoms with Crippen molar-refractivity contribution in [2.75, 3.05) is 0 Å². The summed E-state index contributed by atoms with van der Waals surface area (Å²) in [5.74, 6) is -0.644. The number of aromatic nitrogens is 3. The first kappa shape index (κ1) is 16.0. The normalized spacial score (nSPS) is 12.9. The Morgan fingerprint density at radius 2 is 2.18 bits per heavy atom. The highest BCUT2D eigenvalue weighted by Crippen LogP contribution is 2.32. The number of carbonyl (C=O) groups excluding carboxylic acids is 1. The second-order valence-corrected chi connectivity index (χ2v) is 4.79. The van der Waals surface area contributed by atoms with E-state index in [1.165, 1.54) is 18.3 Å². The minimum atomic E-state index is -4.57. The number of nitrogens with zero attached hydrogens (tertiary/aromatic N) is 2. The minimum absolute atomic E-state index is 0.0119. The molecule has 5 nitrogen and oxygen atoms in total. The molecule has 1 amide bonds. The average molecular weight is 312 g/mol. The van der Waals surface area contributed by atoms with E-state index in [1.54, 1.807) is 12.4 Å². The van der Waals surface area contributed by atoms with Gasteiger partial charge in [0.2, 0.25) is 5.91 Å². The molecule has 0 spiro atoms. The summed E-state index contributed by atoms with van der Waals surface area (Å²) in [6, 6.07) is 0.651. The molecule has 0 saturated carbocycles. The van der Waals surface area contributed by atoms with Crippen LogP contribution in [0.2, 0.25) is 0 Å². The van der Waals surface area contributed by atoms with Gasteiger partial charge in [-0.25, -0.2) is 0 Å². The number of nitrogens with one attached hydrogen (secondary N) is 2. The summed E-state index contributed by atoms with van der Waals surface area (Å²) in [6.45, 7) is 0. The molecule has 2 rings (SSSR count). The zero-order chi connectivity index (χ0) is 16.0. The molecule has 118 valence electrons. The number of H-pyrrole nitrogens is 1. The van der Waals surface area contributed by atoms with Gasteiger partial charge in [-0.2, -0.15) is 18.3 Å². The first-order valence-corrected chi connectivity index (χ1v) is 6.70. The third-order valence-corrected chi connectivity index (χ3v) is 3.07. The summed E-state index contributed by atoms with van der Waals surface area (Å²) < 4.78 is 39.2. The molecule has 1 atom stereocenters. The average Bonchev–Trinajstić information content (AvgIpc) is 2.98. The van der Waals surface area contributed by atoms with Crippen LogP contribution in [0.3, 0.4) is 0 Å². The monoisotopic (exact) mass is 312 g/mol. The first-order chi connectivity index (χ1) is 10.5. The number of hydrogen-bond acceptors (Lipinski definition) is 3. The maximum atomic E-state index is 13.1. The number of amides is 1. The van der Waals surface area contributed by atoms with Gasteiger partial charge in [0.15, 0.2) is 6.04 Å². The molecule has 0 unspecified atom stereocenters. The van der Waals surface area contributed by atoms with Gasteiger partial charge in [0.05, 0.1) is 6.20 Å². The Morgan fingerprint density at radius 3 is 2.77 bits per heavy atom. The maximum absolute atomic E-state index is 13.1. The van der Waals surface area contributed by atoms with Crippen LogP contribution >= 0.6 is 0 Å². The molecule has 0 aliphatic rings. The summed E-state index contributed by atoms with van der Waals surface area (Å²) in [7, 11) is 0. The molecule has 2 heterocycles. The van der Waals surface area contributed by atoms with Crippen molar-refractivity contribution in [3.63, 3.8) is 0 Å². The lowest BCUT2D eigenvalue weighted by molar-refractivity contribution is -0.163. The van der Waals surface area contributed by atoms with Crippen molar-refractivity contribution in [3.05, 3.63) is 48.0 Å². The molecule has 0 bridgehead atoms. The van der Waals surface area contributed by atoms with Crippen LogP contribution in [0.5, 0.6) is 0 Å². The second-order valence-electron chi connectivity index (χ2n) is 4.79. The van der Waals surface area contributed by atoms with Gasteiger partial charge in [-0.3, -0.25) is 14.9 Å². The molecule has 0 fully saturated rings. The number of rotatable bonds is 6. The highest BCUT2D eigenvalue weighted by atomic mass is 19.4. The molecule has 0 aliphatic carbocycles. The number of halogens is 3. The number of alkyl halides is 3. The lowest BCUT2D eigenvalue weighted by Gasteiger charge is -2.21. The van der Waals surface area contributed by atoms with Gasteiger partial charge in [-0.15, -0.1) is 0 Å². The van der Waals surface area contributed by atoms with E-state index < -0.39 is 18.1 Å². The fraction of sp³-hybridized carbons (Fsp3) is 0.357. The highest BCUT2D eigenvalue weighted by Gasteiger charge is 2.41. The number of aryl methyl sites for hydroxylation is 1. The fourth-order valence-electron chi connectivity index (χ4n) is 2.00. The van der Waals surface area contributed by atoms with E-state index in [1.807, 2.05) is 5.32 Å². The van der Waals surface area contributed by atoms with E-state index in [0.717, 1.165) is 11.8 Å². The Hall–Kier alpha value is -2.38. The fourth-order valence-corrected chi connectivity index (χ4v) is 2.00. The topological polar surface area (TPSA) is 70.7 Å². The molecule has 0 saturated heterocycles. The number of pyridine rings is 1. The van der Waals surface area contributed by atoms with Crippen LogP contribution in [-0.4, -0.2) is 27.3 Å². The maximum Gasteiger partial charge on any atom is 0.412 e. The Balaban J connectivity index is 1.91. The van der Waals surface area contributed by atoms with Crippen molar-refractivity contribution in [2.24, 2.45) is 0 Å². The number of aromatic amines is 1. The quantitative estimate of drug-likeness (QED) is 0.861. The third-order valence-electron chi connectivity index (χ3n) is 3.07. The van der Waals surface area contributed by atoms with E-state index >= 15 is 0 Å². The summed E-state index contributed by atoms with van der Waals surface area (Å²) in [4.78, 5) is 15.4. The summed E-state index contributed by atoms with van der Waals surface area (Å²) in [6.07, 6.45) is 2.25. The standard InChI is InChI=1S/C14H15F3N4O/c15-14(16,17)13(11-4-2-6-18-9-11)21-12(22)5-1-3-10-7-19-20-8-10/h2,4,6-9,13H,1,3,5H2,(H,19,20)(H,21,22)/t13-/m0/s1. The van der Waals surface area contributed by atoms with Crippen LogP contribution in [0.25, 0.3) is 0 Å². The molecule has 2 aromatic rings. The van der Waals surface area contributed by atoms with Crippen LogP contribution in [0, 0.1) is 0 Å². The van der Waals surface area contributed by atoms with Crippen LogP contribution < -0.4 is 5.32 Å². The Bertz CT molecular complexity index is 584. The van der Waals surface area contributed by atoms with Crippen LogP contribution in [0.15, 0.2) is 36.9 Å². The summed E-state index contributed by atoms with van der Waals surface area (Å²) in [5.41, 5.74) is 0.825. The van der Waals surface area contributed by atoms with Gasteiger partial charge in [-0.1, -0.05) is 6.07 Å². The van der Waals surface area contributed by atoms with Gasteiger partial charge >= 0.3 is 6.18 Å². The lowest BCUT2D eigenvalue weighted by atomic mass is 10.1. The third kappa shape index (κ3) is 4.57. The van der Waals surface area contributed by atoms with Gasteiger partial charge in [0, 0.05) is 30.6 Å². The molecular formula is C14H15F3N4O. The second kappa shape index (κ2) is 7.06. The molecule has 2 aromatic heterocycles. The lowest BCUT2D eigenvalue weighted by Crippen LogP contribution is -2.38. The van der Waals surface area contributed by atoms with Crippen molar-refractivity contribution in [3.8, 4) is 0 Å². The highest BCUT2D eigenvalue weighted by molar-refractivity contribution is 5.76. The van der Waals surface area contributed by atoms with Crippen molar-refractivity contribution in [2.45, 2.75) is 31.5 Å². The van der Waals surface area contributed by atoms with Crippen LogP contribution in [-0.2, 0) is 11.2 Å². The smallest absolute Gasteiger partial charge is 0.341 e. The SMILES string of the molecule is O=C(CCCc1cn[nH]c1)N[C@@H](c1cccnc1)C(F)(F)F. The zero-order valence-corrected chi connectivity index (χ0v) is 11.6. The van der Waals surface area contributed by atoms with Gasteiger partial charge in [0.25, 0.3) is 0 Å². The summed E-state index contributed by atoms with van der Waals surface area (Å²) in [5, 5.41) is 8.42. The first-order valence-electron chi connectivity index (χ1n) is 6.70. The number of hydrogen-bond donors (Lipinski definition) is 2. The molecule has 0 aromatic carbocycles. The molecule has 0 aliphatic heterocycles. The van der Waals surface area contributed by atoms with Gasteiger partial charge in [0.1, 0.15) is 0 Å². The van der Waals surface area contributed by atoms with E-state index in [2.05, 4.69) is 15.2 Å². The molecule has 2 N–H and O–H groups in total. The van der Waals surface area contributed by atoms with Crippen molar-refractivity contribution >= 4 is 5.91 Å². The largest absolute Gasteiger partial charge is 0.412 e. The Labute approximate surface area is 125 Å². The van der Waals surface area contributed by atoms with Gasteiger partial charge < -0.3 is 5.32 Å². The molecular weight excluding hydrogens is 297 g/mol. The van der Waals surface area contributed by atoms with Crippen LogP contribution in [0.1, 0.15) is 30.0 Å². The van der Waals surface area contributed by atoms with E-state index in [9.17, 15) is 18.0 Å². The Morgan fingerprint density at radius 1 is 1.36 bits per heavy atom. The van der Waals surface area contributed by atoms with E-state index in [0.29, 0.717) is 12.8 Å². The summed E-state index contributed by atoms with van der Waals surface area (Å²) >= 11 is 0. The molecule has 0 radical (unpaired) electrons.